The molecule has 1 aliphatic heterocycles. The predicted molar refractivity (Wildman–Crippen MR) is 74.5 cm³/mol. The Bertz CT molecular complexity index is 327. The van der Waals surface area contributed by atoms with Crippen LogP contribution in [-0.2, 0) is 13.1 Å². The fourth-order valence-electron chi connectivity index (χ4n) is 2.56. The van der Waals surface area contributed by atoms with Gasteiger partial charge in [-0.1, -0.05) is 26.2 Å². The molecule has 18 heavy (non-hydrogen) atoms. The summed E-state index contributed by atoms with van der Waals surface area (Å²) in [4.78, 5) is 2.54. The molecule has 102 valence electrons. The first-order valence-corrected chi connectivity index (χ1v) is 7.38. The zero-order chi connectivity index (χ0) is 12.6. The minimum absolute atomic E-state index is 0.917. The van der Waals surface area contributed by atoms with Crippen molar-refractivity contribution in [1.82, 2.24) is 10.2 Å². The Hall–Kier alpha value is -0.800. The van der Waals surface area contributed by atoms with Crippen molar-refractivity contribution >= 4 is 0 Å². The van der Waals surface area contributed by atoms with Crippen molar-refractivity contribution in [2.24, 2.45) is 0 Å². The molecule has 2 rings (SSSR count). The Kier molecular flexibility index (Phi) is 5.75. The van der Waals surface area contributed by atoms with E-state index in [0.717, 1.165) is 25.4 Å². The molecule has 1 aromatic heterocycles. The van der Waals surface area contributed by atoms with E-state index < -0.39 is 0 Å². The molecule has 1 saturated heterocycles. The summed E-state index contributed by atoms with van der Waals surface area (Å²) in [5.41, 5.74) is 1.26. The van der Waals surface area contributed by atoms with E-state index in [9.17, 15) is 0 Å². The third kappa shape index (κ3) is 4.46. The van der Waals surface area contributed by atoms with Crippen LogP contribution in [0.4, 0.5) is 0 Å². The second-order valence-corrected chi connectivity index (χ2v) is 5.25. The van der Waals surface area contributed by atoms with Crippen LogP contribution >= 0.6 is 0 Å². The first kappa shape index (κ1) is 13.6. The maximum Gasteiger partial charge on any atom is 0.118 e. The molecule has 0 bridgehead atoms. The van der Waals surface area contributed by atoms with E-state index in [1.165, 1.54) is 50.8 Å². The maximum absolute atomic E-state index is 5.65. The standard InChI is InChI=1S/C15H26N2O/c1-2-16-11-14-10-15(18-13-14)12-17-8-6-4-3-5-7-9-17/h10,13,16H,2-9,11-12H2,1H3. The topological polar surface area (TPSA) is 28.4 Å². The van der Waals surface area contributed by atoms with Crippen LogP contribution in [0.3, 0.4) is 0 Å². The number of hydrogen-bond acceptors (Lipinski definition) is 3. The van der Waals surface area contributed by atoms with Gasteiger partial charge in [0.2, 0.25) is 0 Å². The number of rotatable bonds is 5. The second kappa shape index (κ2) is 7.59. The summed E-state index contributed by atoms with van der Waals surface area (Å²) in [5, 5.41) is 3.33. The summed E-state index contributed by atoms with van der Waals surface area (Å²) < 4.78 is 5.65. The molecule has 0 spiro atoms. The predicted octanol–water partition coefficient (Wildman–Crippen LogP) is 3.16. The average molecular weight is 250 g/mol. The largest absolute Gasteiger partial charge is 0.468 e. The summed E-state index contributed by atoms with van der Waals surface area (Å²) in [7, 11) is 0. The van der Waals surface area contributed by atoms with Crippen molar-refractivity contribution in [3.05, 3.63) is 23.7 Å². The van der Waals surface area contributed by atoms with Crippen LogP contribution in [0.1, 0.15) is 50.4 Å². The first-order chi connectivity index (χ1) is 8.88. The summed E-state index contributed by atoms with van der Waals surface area (Å²) in [6.45, 7) is 7.48. The molecule has 1 aromatic rings. The molecule has 0 radical (unpaired) electrons. The van der Waals surface area contributed by atoms with Crippen molar-refractivity contribution < 1.29 is 4.42 Å². The molecule has 0 unspecified atom stereocenters. The Morgan fingerprint density at radius 3 is 2.61 bits per heavy atom. The zero-order valence-electron chi connectivity index (χ0n) is 11.6. The first-order valence-electron chi connectivity index (χ1n) is 7.38. The highest BCUT2D eigenvalue weighted by Gasteiger charge is 2.11. The fraction of sp³-hybridized carbons (Fsp3) is 0.733. The van der Waals surface area contributed by atoms with Gasteiger partial charge in [0, 0.05) is 12.1 Å². The van der Waals surface area contributed by atoms with E-state index in [4.69, 9.17) is 4.42 Å². The van der Waals surface area contributed by atoms with Gasteiger partial charge in [-0.25, -0.2) is 0 Å². The lowest BCUT2D eigenvalue weighted by Gasteiger charge is -2.23. The summed E-state index contributed by atoms with van der Waals surface area (Å²) in [6.07, 6.45) is 8.76. The van der Waals surface area contributed by atoms with Gasteiger partial charge in [-0.3, -0.25) is 4.90 Å². The van der Waals surface area contributed by atoms with Crippen molar-refractivity contribution in [2.75, 3.05) is 19.6 Å². The van der Waals surface area contributed by atoms with E-state index in [1.54, 1.807) is 0 Å². The van der Waals surface area contributed by atoms with Crippen LogP contribution in [-0.4, -0.2) is 24.5 Å². The molecular weight excluding hydrogens is 224 g/mol. The quantitative estimate of drug-likeness (QED) is 0.870. The molecule has 3 heteroatoms. The van der Waals surface area contributed by atoms with E-state index in [0.29, 0.717) is 0 Å². The summed E-state index contributed by atoms with van der Waals surface area (Å²) >= 11 is 0. The summed E-state index contributed by atoms with van der Waals surface area (Å²) in [5.74, 6) is 1.11. The van der Waals surface area contributed by atoms with Gasteiger partial charge in [0.15, 0.2) is 0 Å². The zero-order valence-corrected chi connectivity index (χ0v) is 11.6. The third-order valence-corrected chi connectivity index (χ3v) is 3.62. The molecule has 1 aliphatic rings. The van der Waals surface area contributed by atoms with Gasteiger partial charge < -0.3 is 9.73 Å². The SMILES string of the molecule is CCNCc1coc(CN2CCCCCCC2)c1. The number of furan rings is 1. The second-order valence-electron chi connectivity index (χ2n) is 5.25. The van der Waals surface area contributed by atoms with E-state index >= 15 is 0 Å². The highest BCUT2D eigenvalue weighted by atomic mass is 16.3. The van der Waals surface area contributed by atoms with Crippen LogP contribution in [0.5, 0.6) is 0 Å². The molecule has 0 aromatic carbocycles. The van der Waals surface area contributed by atoms with Gasteiger partial charge in [0.25, 0.3) is 0 Å². The maximum atomic E-state index is 5.65. The van der Waals surface area contributed by atoms with Crippen molar-refractivity contribution in [3.8, 4) is 0 Å². The van der Waals surface area contributed by atoms with Gasteiger partial charge in [0.1, 0.15) is 5.76 Å². The minimum Gasteiger partial charge on any atom is -0.468 e. The van der Waals surface area contributed by atoms with Gasteiger partial charge >= 0.3 is 0 Å². The van der Waals surface area contributed by atoms with Gasteiger partial charge in [-0.2, -0.15) is 0 Å². The van der Waals surface area contributed by atoms with Crippen molar-refractivity contribution in [2.45, 2.75) is 52.1 Å². The molecule has 0 atom stereocenters. The number of hydrogen-bond donors (Lipinski definition) is 1. The Morgan fingerprint density at radius 1 is 1.17 bits per heavy atom. The third-order valence-electron chi connectivity index (χ3n) is 3.62. The number of nitrogens with one attached hydrogen (secondary N) is 1. The Morgan fingerprint density at radius 2 is 1.89 bits per heavy atom. The number of likely N-dealkylation sites (tertiary alicyclic amines) is 1. The monoisotopic (exact) mass is 250 g/mol. The number of nitrogens with zero attached hydrogens (tertiary/aromatic N) is 1. The van der Waals surface area contributed by atoms with Crippen LogP contribution in [0.15, 0.2) is 16.7 Å². The minimum atomic E-state index is 0.917. The van der Waals surface area contributed by atoms with Gasteiger partial charge in [-0.15, -0.1) is 0 Å². The van der Waals surface area contributed by atoms with Crippen molar-refractivity contribution in [1.29, 1.82) is 0 Å². The molecule has 1 fully saturated rings. The van der Waals surface area contributed by atoms with Crippen molar-refractivity contribution in [3.63, 3.8) is 0 Å². The highest BCUT2D eigenvalue weighted by molar-refractivity contribution is 5.12. The molecule has 2 heterocycles. The lowest BCUT2D eigenvalue weighted by molar-refractivity contribution is 0.222. The van der Waals surface area contributed by atoms with Crippen LogP contribution in [0.2, 0.25) is 0 Å². The molecule has 3 nitrogen and oxygen atoms in total. The van der Waals surface area contributed by atoms with E-state index in [-0.39, 0.29) is 0 Å². The molecular formula is C15H26N2O. The van der Waals surface area contributed by atoms with Crippen LogP contribution in [0.25, 0.3) is 0 Å². The van der Waals surface area contributed by atoms with Gasteiger partial charge in [0.05, 0.1) is 12.8 Å². The van der Waals surface area contributed by atoms with Crippen LogP contribution in [0, 0.1) is 0 Å². The summed E-state index contributed by atoms with van der Waals surface area (Å²) in [6, 6.07) is 2.20. The molecule has 0 saturated carbocycles. The highest BCUT2D eigenvalue weighted by Crippen LogP contribution is 2.15. The smallest absolute Gasteiger partial charge is 0.118 e. The fourth-order valence-corrected chi connectivity index (χ4v) is 2.56. The lowest BCUT2D eigenvalue weighted by Crippen LogP contribution is -2.26. The van der Waals surface area contributed by atoms with Gasteiger partial charge in [-0.05, 0) is 38.5 Å². The molecule has 0 amide bonds. The Labute approximate surface area is 111 Å². The molecule has 0 aliphatic carbocycles. The van der Waals surface area contributed by atoms with E-state index in [2.05, 4.69) is 23.2 Å². The van der Waals surface area contributed by atoms with Crippen LogP contribution < -0.4 is 5.32 Å². The lowest BCUT2D eigenvalue weighted by atomic mass is 10.1. The normalized spacial score (nSPS) is 18.5. The Balaban J connectivity index is 1.81. The van der Waals surface area contributed by atoms with E-state index in [1.807, 2.05) is 6.26 Å². The molecule has 1 N–H and O–H groups in total. The average Bonchev–Trinajstić information content (AvgIpc) is 2.77.